The molecule has 1 N–H and O–H groups in total. The predicted octanol–water partition coefficient (Wildman–Crippen LogP) is 3.34. The fraction of sp³-hybridized carbons (Fsp3) is 0.571. The number of pyridine rings is 1. The normalized spacial score (nSPS) is 17.2. The van der Waals surface area contributed by atoms with Gasteiger partial charge in [0.2, 0.25) is 0 Å². The minimum Gasteiger partial charge on any atom is -0.349 e. The first-order valence-electron chi connectivity index (χ1n) is 7.10. The van der Waals surface area contributed by atoms with E-state index in [1.807, 2.05) is 6.92 Å². The average molecular weight is 312 g/mol. The SMILES string of the molecule is CC(NC(=O)c1cc([N+](=O)[O-])cnc1Cl)C1CCCCC1. The molecule has 0 saturated heterocycles. The van der Waals surface area contributed by atoms with Crippen molar-refractivity contribution in [2.45, 2.75) is 45.1 Å². The molecule has 1 aliphatic rings. The molecule has 7 heteroatoms. The summed E-state index contributed by atoms with van der Waals surface area (Å²) in [5.74, 6) is 0.0439. The van der Waals surface area contributed by atoms with E-state index < -0.39 is 10.8 Å². The van der Waals surface area contributed by atoms with Gasteiger partial charge in [0, 0.05) is 12.1 Å². The van der Waals surface area contributed by atoms with Crippen molar-refractivity contribution in [2.24, 2.45) is 5.92 Å². The first-order chi connectivity index (χ1) is 9.99. The Balaban J connectivity index is 2.08. The molecule has 1 saturated carbocycles. The largest absolute Gasteiger partial charge is 0.349 e. The van der Waals surface area contributed by atoms with Crippen LogP contribution in [-0.2, 0) is 0 Å². The smallest absolute Gasteiger partial charge is 0.288 e. The van der Waals surface area contributed by atoms with Crippen LogP contribution in [0.25, 0.3) is 0 Å². The van der Waals surface area contributed by atoms with Crippen molar-refractivity contribution in [3.8, 4) is 0 Å². The molecule has 0 radical (unpaired) electrons. The highest BCUT2D eigenvalue weighted by Gasteiger charge is 2.24. The number of nitrogens with zero attached hydrogens (tertiary/aromatic N) is 2. The summed E-state index contributed by atoms with van der Waals surface area (Å²) < 4.78 is 0. The first kappa shape index (κ1) is 15.7. The Bertz CT molecular complexity index is 544. The van der Waals surface area contributed by atoms with Crippen molar-refractivity contribution < 1.29 is 9.72 Å². The van der Waals surface area contributed by atoms with Gasteiger partial charge in [0.15, 0.2) is 0 Å². The number of rotatable bonds is 4. The summed E-state index contributed by atoms with van der Waals surface area (Å²) in [6, 6.07) is 1.19. The number of nitrogens with one attached hydrogen (secondary N) is 1. The molecule has 0 aromatic carbocycles. The minimum absolute atomic E-state index is 0.0195. The Labute approximate surface area is 128 Å². The van der Waals surface area contributed by atoms with E-state index in [1.54, 1.807) is 0 Å². The monoisotopic (exact) mass is 311 g/mol. The number of carbonyl (C=O) groups is 1. The summed E-state index contributed by atoms with van der Waals surface area (Å²) in [7, 11) is 0. The lowest BCUT2D eigenvalue weighted by Crippen LogP contribution is -2.39. The Hall–Kier alpha value is -1.69. The minimum atomic E-state index is -0.593. The third kappa shape index (κ3) is 3.91. The van der Waals surface area contributed by atoms with Crippen molar-refractivity contribution in [3.05, 3.63) is 33.1 Å². The number of hydrogen-bond donors (Lipinski definition) is 1. The lowest BCUT2D eigenvalue weighted by Gasteiger charge is -2.28. The third-order valence-corrected chi connectivity index (χ3v) is 4.30. The van der Waals surface area contributed by atoms with Gasteiger partial charge in [0.25, 0.3) is 11.6 Å². The van der Waals surface area contributed by atoms with Gasteiger partial charge in [0.1, 0.15) is 11.3 Å². The van der Waals surface area contributed by atoms with Gasteiger partial charge in [-0.15, -0.1) is 0 Å². The number of nitro groups is 1. The maximum atomic E-state index is 12.2. The van der Waals surface area contributed by atoms with E-state index in [9.17, 15) is 14.9 Å². The van der Waals surface area contributed by atoms with Crippen LogP contribution in [0, 0.1) is 16.0 Å². The number of halogens is 1. The fourth-order valence-corrected chi connectivity index (χ4v) is 2.92. The quantitative estimate of drug-likeness (QED) is 0.525. The zero-order valence-electron chi connectivity index (χ0n) is 11.8. The summed E-state index contributed by atoms with van der Waals surface area (Å²) >= 11 is 5.87. The van der Waals surface area contributed by atoms with E-state index in [4.69, 9.17) is 11.6 Å². The van der Waals surface area contributed by atoms with Gasteiger partial charge in [-0.2, -0.15) is 0 Å². The zero-order chi connectivity index (χ0) is 15.4. The Morgan fingerprint density at radius 2 is 2.14 bits per heavy atom. The van der Waals surface area contributed by atoms with Gasteiger partial charge in [-0.05, 0) is 25.7 Å². The summed E-state index contributed by atoms with van der Waals surface area (Å²) in [4.78, 5) is 26.1. The number of aromatic nitrogens is 1. The van der Waals surface area contributed by atoms with Gasteiger partial charge < -0.3 is 5.32 Å². The van der Waals surface area contributed by atoms with Crippen LogP contribution in [0.3, 0.4) is 0 Å². The molecule has 21 heavy (non-hydrogen) atoms. The molecule has 1 unspecified atom stereocenters. The molecule has 1 fully saturated rings. The van der Waals surface area contributed by atoms with E-state index in [2.05, 4.69) is 10.3 Å². The van der Waals surface area contributed by atoms with E-state index in [0.29, 0.717) is 5.92 Å². The van der Waals surface area contributed by atoms with Gasteiger partial charge >= 0.3 is 0 Å². The second-order valence-electron chi connectivity index (χ2n) is 5.45. The lowest BCUT2D eigenvalue weighted by atomic mass is 9.84. The Morgan fingerprint density at radius 3 is 2.76 bits per heavy atom. The summed E-state index contributed by atoms with van der Waals surface area (Å²) in [6.07, 6.45) is 6.86. The van der Waals surface area contributed by atoms with Crippen molar-refractivity contribution in [2.75, 3.05) is 0 Å². The van der Waals surface area contributed by atoms with Crippen LogP contribution >= 0.6 is 11.6 Å². The summed E-state index contributed by atoms with van der Waals surface area (Å²) in [6.45, 7) is 1.96. The number of hydrogen-bond acceptors (Lipinski definition) is 4. The molecule has 0 bridgehead atoms. The molecule has 1 aromatic rings. The lowest BCUT2D eigenvalue weighted by molar-refractivity contribution is -0.385. The molecule has 1 aromatic heterocycles. The molecule has 0 aliphatic heterocycles. The van der Waals surface area contributed by atoms with E-state index in [1.165, 1.54) is 19.3 Å². The molecule has 1 amide bonds. The second-order valence-corrected chi connectivity index (χ2v) is 5.81. The fourth-order valence-electron chi connectivity index (χ4n) is 2.73. The van der Waals surface area contributed by atoms with Crippen LogP contribution in [0.1, 0.15) is 49.4 Å². The van der Waals surface area contributed by atoms with Crippen molar-refractivity contribution in [1.29, 1.82) is 0 Å². The van der Waals surface area contributed by atoms with Crippen molar-refractivity contribution in [3.63, 3.8) is 0 Å². The molecule has 2 rings (SSSR count). The number of carbonyl (C=O) groups excluding carboxylic acids is 1. The highest BCUT2D eigenvalue weighted by atomic mass is 35.5. The molecule has 6 nitrogen and oxygen atoms in total. The van der Waals surface area contributed by atoms with Gasteiger partial charge in [-0.1, -0.05) is 30.9 Å². The van der Waals surface area contributed by atoms with E-state index in [0.717, 1.165) is 25.1 Å². The van der Waals surface area contributed by atoms with Crippen LogP contribution < -0.4 is 5.32 Å². The van der Waals surface area contributed by atoms with Gasteiger partial charge in [-0.3, -0.25) is 14.9 Å². The third-order valence-electron chi connectivity index (χ3n) is 4.00. The van der Waals surface area contributed by atoms with Crippen LogP contribution in [0.2, 0.25) is 5.15 Å². The highest BCUT2D eigenvalue weighted by Crippen LogP contribution is 2.27. The van der Waals surface area contributed by atoms with Crippen molar-refractivity contribution >= 4 is 23.2 Å². The highest BCUT2D eigenvalue weighted by molar-refractivity contribution is 6.32. The number of amides is 1. The molecule has 1 heterocycles. The topological polar surface area (TPSA) is 85.1 Å². The first-order valence-corrected chi connectivity index (χ1v) is 7.47. The Morgan fingerprint density at radius 1 is 1.48 bits per heavy atom. The molecule has 114 valence electrons. The maximum Gasteiger partial charge on any atom is 0.288 e. The Kier molecular flexibility index (Phi) is 5.12. The maximum absolute atomic E-state index is 12.2. The van der Waals surface area contributed by atoms with Gasteiger partial charge in [-0.25, -0.2) is 4.98 Å². The predicted molar refractivity (Wildman–Crippen MR) is 79.4 cm³/mol. The van der Waals surface area contributed by atoms with E-state index in [-0.39, 0.29) is 22.4 Å². The summed E-state index contributed by atoms with van der Waals surface area (Å²) in [5, 5.41) is 13.6. The summed E-state index contributed by atoms with van der Waals surface area (Å²) in [5.41, 5.74) is -0.191. The van der Waals surface area contributed by atoms with Crippen LogP contribution in [0.4, 0.5) is 5.69 Å². The van der Waals surface area contributed by atoms with Crippen LogP contribution in [0.15, 0.2) is 12.3 Å². The van der Waals surface area contributed by atoms with E-state index >= 15 is 0 Å². The van der Waals surface area contributed by atoms with Gasteiger partial charge in [0.05, 0.1) is 10.5 Å². The molecular weight excluding hydrogens is 294 g/mol. The average Bonchev–Trinajstić information content (AvgIpc) is 2.48. The van der Waals surface area contributed by atoms with Crippen LogP contribution in [0.5, 0.6) is 0 Å². The van der Waals surface area contributed by atoms with Crippen molar-refractivity contribution in [1.82, 2.24) is 10.3 Å². The standard InChI is InChI=1S/C14H18ClN3O3/c1-9(10-5-3-2-4-6-10)17-14(19)12-7-11(18(20)21)8-16-13(12)15/h7-10H,2-6H2,1H3,(H,17,19). The molecule has 1 aliphatic carbocycles. The van der Waals surface area contributed by atoms with Crippen LogP contribution in [-0.4, -0.2) is 21.9 Å². The molecule has 0 spiro atoms. The zero-order valence-corrected chi connectivity index (χ0v) is 12.6. The molecule has 1 atom stereocenters. The second kappa shape index (κ2) is 6.85. The molecular formula is C14H18ClN3O3.